The second kappa shape index (κ2) is 8.06. The van der Waals surface area contributed by atoms with Crippen molar-refractivity contribution in [1.29, 1.82) is 0 Å². The molecule has 0 aromatic rings. The highest BCUT2D eigenvalue weighted by atomic mass is 16.7. The van der Waals surface area contributed by atoms with Crippen LogP contribution in [0, 0.1) is 0 Å². The molecule has 1 heterocycles. The lowest BCUT2D eigenvalue weighted by Crippen LogP contribution is -2.61. The lowest BCUT2D eigenvalue weighted by Gasteiger charge is -2.42. The van der Waals surface area contributed by atoms with Crippen molar-refractivity contribution in [3.63, 3.8) is 0 Å². The van der Waals surface area contributed by atoms with Crippen LogP contribution in [0.25, 0.3) is 0 Å². The zero-order valence-corrected chi connectivity index (χ0v) is 12.8. The fraction of sp³-hybridized carbons (Fsp3) is 0.769. The Balaban J connectivity index is 2.96. The van der Waals surface area contributed by atoms with E-state index in [4.69, 9.17) is 23.7 Å². The highest BCUT2D eigenvalue weighted by Crippen LogP contribution is 2.27. The molecule has 0 aromatic carbocycles. The van der Waals surface area contributed by atoms with Crippen LogP contribution < -0.4 is 0 Å². The van der Waals surface area contributed by atoms with Crippen LogP contribution in [0.15, 0.2) is 0 Å². The predicted molar refractivity (Wildman–Crippen MR) is 69.4 cm³/mol. The van der Waals surface area contributed by atoms with E-state index in [9.17, 15) is 19.5 Å². The molecule has 126 valence electrons. The van der Waals surface area contributed by atoms with E-state index in [1.807, 2.05) is 0 Å². The molecule has 0 spiro atoms. The molecule has 1 aliphatic heterocycles. The van der Waals surface area contributed by atoms with Crippen LogP contribution in [0.2, 0.25) is 0 Å². The summed E-state index contributed by atoms with van der Waals surface area (Å²) in [4.78, 5) is 33.3. The van der Waals surface area contributed by atoms with Gasteiger partial charge < -0.3 is 28.8 Å². The molecule has 5 atom stereocenters. The maximum absolute atomic E-state index is 11.3. The number of esters is 3. The van der Waals surface area contributed by atoms with Gasteiger partial charge in [0.25, 0.3) is 0 Å². The summed E-state index contributed by atoms with van der Waals surface area (Å²) in [5.41, 5.74) is 0. The summed E-state index contributed by atoms with van der Waals surface area (Å²) in [6, 6.07) is 0. The number of ether oxygens (including phenoxy) is 5. The highest BCUT2D eigenvalue weighted by Gasteiger charge is 2.50. The molecular weight excluding hydrogens is 300 g/mol. The number of carbonyl (C=O) groups excluding carboxylic acids is 3. The topological polar surface area (TPSA) is 118 Å². The van der Waals surface area contributed by atoms with Crippen LogP contribution in [0.3, 0.4) is 0 Å². The van der Waals surface area contributed by atoms with Gasteiger partial charge >= 0.3 is 17.9 Å². The number of hydrogen-bond acceptors (Lipinski definition) is 9. The molecule has 1 N–H and O–H groups in total. The van der Waals surface area contributed by atoms with Crippen molar-refractivity contribution in [2.24, 2.45) is 0 Å². The Morgan fingerprint density at radius 1 is 0.955 bits per heavy atom. The summed E-state index contributed by atoms with van der Waals surface area (Å²) in [5, 5.41) is 9.95. The lowest BCUT2D eigenvalue weighted by atomic mass is 9.98. The van der Waals surface area contributed by atoms with Crippen molar-refractivity contribution in [1.82, 2.24) is 0 Å². The first-order valence-corrected chi connectivity index (χ1v) is 6.60. The quantitative estimate of drug-likeness (QED) is 0.510. The van der Waals surface area contributed by atoms with Crippen molar-refractivity contribution in [3.8, 4) is 0 Å². The SMILES string of the molecule is CO[C@@H]1[C@@H](OC(C)=O)[C@@H](COC(C)=O)O[C@H](O)[C@H]1OC(C)=O. The van der Waals surface area contributed by atoms with Gasteiger partial charge in [0.1, 0.15) is 18.8 Å². The summed E-state index contributed by atoms with van der Waals surface area (Å²) in [7, 11) is 1.30. The maximum atomic E-state index is 11.3. The fourth-order valence-electron chi connectivity index (χ4n) is 2.15. The standard InChI is InChI=1S/C13H20O9/c1-6(14)19-5-9-10(20-7(2)15)11(18-4)12(13(17)22-9)21-8(3)16/h9-13,17H,5H2,1-4H3/t9-,10+,11-,12+,13+/m1/s1. The van der Waals surface area contributed by atoms with E-state index in [1.54, 1.807) is 0 Å². The first-order valence-electron chi connectivity index (χ1n) is 6.60. The molecule has 0 aliphatic carbocycles. The Morgan fingerprint density at radius 3 is 1.95 bits per heavy atom. The zero-order valence-electron chi connectivity index (χ0n) is 12.8. The van der Waals surface area contributed by atoms with Gasteiger partial charge in [-0.3, -0.25) is 14.4 Å². The van der Waals surface area contributed by atoms with Crippen molar-refractivity contribution >= 4 is 17.9 Å². The number of aliphatic hydroxyl groups is 1. The van der Waals surface area contributed by atoms with Gasteiger partial charge in [-0.1, -0.05) is 0 Å². The van der Waals surface area contributed by atoms with Crippen molar-refractivity contribution < 1.29 is 43.2 Å². The van der Waals surface area contributed by atoms with Crippen LogP contribution in [0.5, 0.6) is 0 Å². The van der Waals surface area contributed by atoms with E-state index in [2.05, 4.69) is 0 Å². The first kappa shape index (κ1) is 18.3. The average molecular weight is 320 g/mol. The normalized spacial score (nSPS) is 31.2. The summed E-state index contributed by atoms with van der Waals surface area (Å²) in [5.74, 6) is -1.84. The minimum absolute atomic E-state index is 0.253. The Kier molecular flexibility index (Phi) is 6.72. The molecule has 0 aromatic heterocycles. The number of aliphatic hydroxyl groups excluding tert-OH is 1. The summed E-state index contributed by atoms with van der Waals surface area (Å²) in [6.07, 6.45) is -5.65. The molecule has 0 saturated carbocycles. The van der Waals surface area contributed by atoms with Gasteiger partial charge in [-0.25, -0.2) is 0 Å². The largest absolute Gasteiger partial charge is 0.463 e. The van der Waals surface area contributed by atoms with E-state index >= 15 is 0 Å². The van der Waals surface area contributed by atoms with Gasteiger partial charge in [-0.2, -0.15) is 0 Å². The molecule has 0 amide bonds. The predicted octanol–water partition coefficient (Wildman–Crippen LogP) is -0.855. The van der Waals surface area contributed by atoms with Crippen molar-refractivity contribution in [3.05, 3.63) is 0 Å². The smallest absolute Gasteiger partial charge is 0.303 e. The third-order valence-electron chi connectivity index (χ3n) is 2.94. The van der Waals surface area contributed by atoms with Gasteiger partial charge in [-0.05, 0) is 0 Å². The fourth-order valence-corrected chi connectivity index (χ4v) is 2.15. The molecule has 22 heavy (non-hydrogen) atoms. The molecule has 1 rings (SSSR count). The Labute approximate surface area is 127 Å². The monoisotopic (exact) mass is 320 g/mol. The summed E-state index contributed by atoms with van der Waals surface area (Å²) in [6.45, 7) is 3.29. The van der Waals surface area contributed by atoms with Crippen LogP contribution in [-0.2, 0) is 38.1 Å². The van der Waals surface area contributed by atoms with Crippen molar-refractivity contribution in [2.45, 2.75) is 51.5 Å². The zero-order chi connectivity index (χ0) is 16.9. The van der Waals surface area contributed by atoms with Crippen LogP contribution in [0.4, 0.5) is 0 Å². The van der Waals surface area contributed by atoms with Crippen LogP contribution in [-0.4, -0.2) is 67.4 Å². The Bertz CT molecular complexity index is 422. The highest BCUT2D eigenvalue weighted by molar-refractivity contribution is 5.67. The van der Waals surface area contributed by atoms with Gasteiger partial charge in [0.2, 0.25) is 0 Å². The minimum Gasteiger partial charge on any atom is -0.463 e. The number of hydrogen-bond donors (Lipinski definition) is 1. The Hall–Kier alpha value is -1.71. The van der Waals surface area contributed by atoms with E-state index in [1.165, 1.54) is 21.0 Å². The number of carbonyl (C=O) groups is 3. The van der Waals surface area contributed by atoms with E-state index < -0.39 is 48.6 Å². The summed E-state index contributed by atoms with van der Waals surface area (Å²) < 4.78 is 25.3. The second-order valence-electron chi connectivity index (χ2n) is 4.72. The molecule has 0 bridgehead atoms. The minimum atomic E-state index is -1.51. The molecule has 1 aliphatic rings. The first-order chi connectivity index (χ1) is 10.3. The molecule has 9 heteroatoms. The molecule has 0 unspecified atom stereocenters. The lowest BCUT2D eigenvalue weighted by molar-refractivity contribution is -0.297. The molecule has 1 saturated heterocycles. The molecule has 9 nitrogen and oxygen atoms in total. The van der Waals surface area contributed by atoms with Crippen LogP contribution in [0.1, 0.15) is 20.8 Å². The Morgan fingerprint density at radius 2 is 1.50 bits per heavy atom. The number of methoxy groups -OCH3 is 1. The van der Waals surface area contributed by atoms with E-state index in [-0.39, 0.29) is 6.61 Å². The third kappa shape index (κ3) is 4.93. The van der Waals surface area contributed by atoms with Crippen LogP contribution >= 0.6 is 0 Å². The molecule has 1 fully saturated rings. The van der Waals surface area contributed by atoms with Gasteiger partial charge in [0, 0.05) is 27.9 Å². The maximum Gasteiger partial charge on any atom is 0.303 e. The van der Waals surface area contributed by atoms with E-state index in [0.29, 0.717) is 0 Å². The summed E-state index contributed by atoms with van der Waals surface area (Å²) >= 11 is 0. The van der Waals surface area contributed by atoms with Gasteiger partial charge in [0.15, 0.2) is 18.5 Å². The average Bonchev–Trinajstić information content (AvgIpc) is 2.39. The third-order valence-corrected chi connectivity index (χ3v) is 2.94. The van der Waals surface area contributed by atoms with Gasteiger partial charge in [0.05, 0.1) is 0 Å². The van der Waals surface area contributed by atoms with E-state index in [0.717, 1.165) is 6.92 Å². The van der Waals surface area contributed by atoms with Gasteiger partial charge in [-0.15, -0.1) is 0 Å². The van der Waals surface area contributed by atoms with Crippen molar-refractivity contribution in [2.75, 3.05) is 13.7 Å². The number of rotatable bonds is 5. The molecular formula is C13H20O9. The second-order valence-corrected chi connectivity index (χ2v) is 4.72. The molecule has 0 radical (unpaired) electrons.